The Kier molecular flexibility index (Phi) is 10.9. The molecule has 2 aromatic rings. The molecular formula is C24H30BrCl2N3O4S. The van der Waals surface area contributed by atoms with Crippen molar-refractivity contribution in [2.24, 2.45) is 0 Å². The van der Waals surface area contributed by atoms with E-state index in [-0.39, 0.29) is 18.5 Å². The highest BCUT2D eigenvalue weighted by atomic mass is 79.9. The minimum Gasteiger partial charge on any atom is -0.352 e. The van der Waals surface area contributed by atoms with Crippen molar-refractivity contribution in [3.63, 3.8) is 0 Å². The third-order valence-electron chi connectivity index (χ3n) is 5.57. The van der Waals surface area contributed by atoms with Crippen molar-refractivity contribution in [1.82, 2.24) is 10.2 Å². The summed E-state index contributed by atoms with van der Waals surface area (Å²) in [6, 6.07) is 10.6. The molecule has 0 aromatic heterocycles. The van der Waals surface area contributed by atoms with Gasteiger partial charge in [0.25, 0.3) is 0 Å². The number of halogens is 3. The number of rotatable bonds is 11. The molecule has 0 saturated carbocycles. The van der Waals surface area contributed by atoms with Gasteiger partial charge in [0.05, 0.1) is 11.9 Å². The summed E-state index contributed by atoms with van der Waals surface area (Å²) in [4.78, 5) is 28.2. The summed E-state index contributed by atoms with van der Waals surface area (Å²) in [6.07, 6.45) is 2.07. The summed E-state index contributed by atoms with van der Waals surface area (Å²) < 4.78 is 27.0. The number of benzene rings is 2. The lowest BCUT2D eigenvalue weighted by Gasteiger charge is -2.33. The topological polar surface area (TPSA) is 86.8 Å². The maximum atomic E-state index is 13.7. The fourth-order valence-electron chi connectivity index (χ4n) is 3.44. The molecule has 0 fully saturated rings. The molecule has 0 saturated heterocycles. The number of hydrogen-bond acceptors (Lipinski definition) is 4. The smallest absolute Gasteiger partial charge is 0.244 e. The molecule has 0 aliphatic rings. The average molecular weight is 607 g/mol. The molecule has 0 heterocycles. The second kappa shape index (κ2) is 12.9. The molecule has 2 atom stereocenters. The number of carbonyl (C=O) groups is 2. The SMILES string of the molecule is CC[C@@H](C)NC(=O)[C@H](CC)N(Cc1c(Cl)cccc1Cl)C(=O)CN(c1ccc(Br)cc1)S(C)(=O)=O. The number of nitrogens with zero attached hydrogens (tertiary/aromatic N) is 2. The standard InChI is InChI=1S/C24H30BrCl2N3O4S/c1-5-16(3)28-24(32)22(6-2)29(14-19-20(26)8-7-9-21(19)27)23(31)15-30(35(4,33)34)18-12-10-17(25)11-13-18/h7-13,16,22H,5-6,14-15H2,1-4H3,(H,28,32)/t16-,22+/m1/s1. The molecule has 192 valence electrons. The molecular weight excluding hydrogens is 577 g/mol. The molecule has 2 amide bonds. The van der Waals surface area contributed by atoms with Crippen molar-refractivity contribution in [3.05, 3.63) is 62.5 Å². The van der Waals surface area contributed by atoms with E-state index in [1.807, 2.05) is 13.8 Å². The maximum absolute atomic E-state index is 13.7. The zero-order chi connectivity index (χ0) is 26.3. The van der Waals surface area contributed by atoms with E-state index in [1.165, 1.54) is 4.90 Å². The van der Waals surface area contributed by atoms with Crippen LogP contribution in [0.15, 0.2) is 46.9 Å². The van der Waals surface area contributed by atoms with Gasteiger partial charge in [0.2, 0.25) is 21.8 Å². The maximum Gasteiger partial charge on any atom is 0.244 e. The Hall–Kier alpha value is -1.81. The van der Waals surface area contributed by atoms with E-state index in [1.54, 1.807) is 49.4 Å². The number of nitrogens with one attached hydrogen (secondary N) is 1. The first-order valence-electron chi connectivity index (χ1n) is 11.1. The fourth-order valence-corrected chi connectivity index (χ4v) is 5.07. The van der Waals surface area contributed by atoms with Crippen LogP contribution >= 0.6 is 39.1 Å². The number of anilines is 1. The van der Waals surface area contributed by atoms with Crippen molar-refractivity contribution in [1.29, 1.82) is 0 Å². The molecule has 0 bridgehead atoms. The minimum atomic E-state index is -3.81. The van der Waals surface area contributed by atoms with Crippen molar-refractivity contribution < 1.29 is 18.0 Å². The van der Waals surface area contributed by atoms with Crippen LogP contribution in [0, 0.1) is 0 Å². The molecule has 35 heavy (non-hydrogen) atoms. The van der Waals surface area contributed by atoms with Crippen LogP contribution in [-0.4, -0.2) is 50.0 Å². The molecule has 7 nitrogen and oxygen atoms in total. The molecule has 1 N–H and O–H groups in total. The second-order valence-corrected chi connectivity index (χ2v) is 11.8. The largest absolute Gasteiger partial charge is 0.352 e. The Morgan fingerprint density at radius 1 is 1.03 bits per heavy atom. The Bertz CT molecular complexity index is 1130. The summed E-state index contributed by atoms with van der Waals surface area (Å²) in [5.74, 6) is -0.881. The van der Waals surface area contributed by atoms with Crippen LogP contribution in [0.3, 0.4) is 0 Å². The van der Waals surface area contributed by atoms with Gasteiger partial charge < -0.3 is 10.2 Å². The third kappa shape index (κ3) is 8.10. The van der Waals surface area contributed by atoms with Gasteiger partial charge in [-0.3, -0.25) is 13.9 Å². The number of carbonyl (C=O) groups excluding carboxylic acids is 2. The molecule has 0 radical (unpaired) electrons. The summed E-state index contributed by atoms with van der Waals surface area (Å²) in [7, 11) is -3.81. The van der Waals surface area contributed by atoms with Gasteiger partial charge in [0, 0.05) is 32.7 Å². The van der Waals surface area contributed by atoms with Crippen LogP contribution in [0.25, 0.3) is 0 Å². The van der Waals surface area contributed by atoms with E-state index in [4.69, 9.17) is 23.2 Å². The lowest BCUT2D eigenvalue weighted by atomic mass is 10.1. The Balaban J connectivity index is 2.49. The lowest BCUT2D eigenvalue weighted by Crippen LogP contribution is -2.53. The predicted molar refractivity (Wildman–Crippen MR) is 145 cm³/mol. The summed E-state index contributed by atoms with van der Waals surface area (Å²) in [5.41, 5.74) is 0.811. The van der Waals surface area contributed by atoms with Crippen LogP contribution in [0.4, 0.5) is 5.69 Å². The zero-order valence-corrected chi connectivity index (χ0v) is 24.0. The van der Waals surface area contributed by atoms with E-state index in [2.05, 4.69) is 21.2 Å². The van der Waals surface area contributed by atoms with Gasteiger partial charge in [-0.15, -0.1) is 0 Å². The Morgan fingerprint density at radius 2 is 1.60 bits per heavy atom. The van der Waals surface area contributed by atoms with E-state index < -0.39 is 28.5 Å². The Morgan fingerprint density at radius 3 is 2.09 bits per heavy atom. The first kappa shape index (κ1) is 29.4. The van der Waals surface area contributed by atoms with Gasteiger partial charge in [0.1, 0.15) is 12.6 Å². The highest BCUT2D eigenvalue weighted by molar-refractivity contribution is 9.10. The Labute approximate surface area is 225 Å². The number of hydrogen-bond donors (Lipinski definition) is 1. The molecule has 2 aromatic carbocycles. The third-order valence-corrected chi connectivity index (χ3v) is 7.95. The number of sulfonamides is 1. The van der Waals surface area contributed by atoms with E-state index in [0.717, 1.165) is 21.5 Å². The predicted octanol–water partition coefficient (Wildman–Crippen LogP) is 5.24. The van der Waals surface area contributed by atoms with Crippen LogP contribution in [0.5, 0.6) is 0 Å². The summed E-state index contributed by atoms with van der Waals surface area (Å²) in [6.45, 7) is 5.07. The van der Waals surface area contributed by atoms with E-state index >= 15 is 0 Å². The van der Waals surface area contributed by atoms with Gasteiger partial charge in [-0.1, -0.05) is 59.0 Å². The minimum absolute atomic E-state index is 0.0539. The van der Waals surface area contributed by atoms with E-state index in [0.29, 0.717) is 27.7 Å². The van der Waals surface area contributed by atoms with Gasteiger partial charge in [-0.05, 0) is 56.2 Å². The number of amides is 2. The van der Waals surface area contributed by atoms with E-state index in [9.17, 15) is 18.0 Å². The second-order valence-electron chi connectivity index (χ2n) is 8.21. The van der Waals surface area contributed by atoms with Crippen LogP contribution in [0.2, 0.25) is 10.0 Å². The zero-order valence-electron chi connectivity index (χ0n) is 20.1. The lowest BCUT2D eigenvalue weighted by molar-refractivity contribution is -0.140. The highest BCUT2D eigenvalue weighted by Crippen LogP contribution is 2.28. The average Bonchev–Trinajstić information content (AvgIpc) is 2.78. The van der Waals surface area contributed by atoms with Crippen molar-refractivity contribution in [2.75, 3.05) is 17.1 Å². The molecule has 0 aliphatic heterocycles. The summed E-state index contributed by atoms with van der Waals surface area (Å²) in [5, 5.41) is 3.61. The van der Waals surface area contributed by atoms with Gasteiger partial charge in [-0.2, -0.15) is 0 Å². The van der Waals surface area contributed by atoms with Crippen LogP contribution in [0.1, 0.15) is 39.2 Å². The van der Waals surface area contributed by atoms with Gasteiger partial charge in [0.15, 0.2) is 0 Å². The molecule has 11 heteroatoms. The molecule has 0 spiro atoms. The molecule has 0 unspecified atom stereocenters. The van der Waals surface area contributed by atoms with Crippen molar-refractivity contribution in [3.8, 4) is 0 Å². The summed E-state index contributed by atoms with van der Waals surface area (Å²) >= 11 is 16.1. The van der Waals surface area contributed by atoms with Crippen molar-refractivity contribution >= 4 is 66.7 Å². The molecule has 0 aliphatic carbocycles. The highest BCUT2D eigenvalue weighted by Gasteiger charge is 2.32. The van der Waals surface area contributed by atoms with Gasteiger partial charge in [-0.25, -0.2) is 8.42 Å². The monoisotopic (exact) mass is 605 g/mol. The fraction of sp³-hybridized carbons (Fsp3) is 0.417. The van der Waals surface area contributed by atoms with Crippen molar-refractivity contribution in [2.45, 2.75) is 52.2 Å². The first-order valence-corrected chi connectivity index (χ1v) is 14.5. The first-order chi connectivity index (χ1) is 16.4. The normalized spacial score (nSPS) is 13.1. The quantitative estimate of drug-likeness (QED) is 0.379. The van der Waals surface area contributed by atoms with Gasteiger partial charge >= 0.3 is 0 Å². The molecule has 2 rings (SSSR count). The van der Waals surface area contributed by atoms with Crippen LogP contribution in [-0.2, 0) is 26.2 Å². The van der Waals surface area contributed by atoms with Crippen LogP contribution < -0.4 is 9.62 Å².